The molecule has 1 saturated carbocycles. The molecule has 0 bridgehead atoms. The molecule has 9 nitrogen and oxygen atoms in total. The van der Waals surface area contributed by atoms with Gasteiger partial charge in [0.25, 0.3) is 5.91 Å². The fourth-order valence-electron chi connectivity index (χ4n) is 3.91. The maximum Gasteiger partial charge on any atom is 0.412 e. The van der Waals surface area contributed by atoms with Crippen LogP contribution in [0, 0.1) is 5.92 Å². The Morgan fingerprint density at radius 3 is 2.42 bits per heavy atom. The van der Waals surface area contributed by atoms with Crippen LogP contribution >= 0.6 is 0 Å². The van der Waals surface area contributed by atoms with E-state index in [0.717, 1.165) is 18.4 Å². The van der Waals surface area contributed by atoms with Crippen molar-refractivity contribution in [2.45, 2.75) is 51.8 Å². The van der Waals surface area contributed by atoms with Crippen molar-refractivity contribution < 1.29 is 24.2 Å². The van der Waals surface area contributed by atoms with Crippen LogP contribution in [0.25, 0.3) is 11.3 Å². The zero-order chi connectivity index (χ0) is 25.7. The summed E-state index contributed by atoms with van der Waals surface area (Å²) in [6.45, 7) is 4.33. The average molecular weight is 491 g/mol. The predicted molar refractivity (Wildman–Crippen MR) is 135 cm³/mol. The number of aliphatic carboxylic acids is 1. The van der Waals surface area contributed by atoms with E-state index in [0.29, 0.717) is 41.4 Å². The molecule has 2 aromatic carbocycles. The largest absolute Gasteiger partial charge is 0.480 e. The van der Waals surface area contributed by atoms with Crippen LogP contribution in [-0.2, 0) is 16.1 Å². The molecule has 0 spiro atoms. The summed E-state index contributed by atoms with van der Waals surface area (Å²) in [6.07, 6.45) is 3.15. The Hall–Kier alpha value is -4.14. The highest BCUT2D eigenvalue weighted by molar-refractivity contribution is 5.97. The lowest BCUT2D eigenvalue weighted by molar-refractivity contribution is -0.139. The predicted octanol–water partition coefficient (Wildman–Crippen LogP) is 4.86. The van der Waals surface area contributed by atoms with E-state index >= 15 is 0 Å². The third kappa shape index (κ3) is 6.29. The lowest BCUT2D eigenvalue weighted by atomic mass is 10.1. The highest BCUT2D eigenvalue weighted by Crippen LogP contribution is 2.33. The van der Waals surface area contributed by atoms with Crippen LogP contribution in [0.15, 0.2) is 60.8 Å². The SMILES string of the molecule is CCn1cc(NC(=O)OC(C)c2ccccc2)c(-c2ccc(C(=O)NC(CC3CC3)C(=O)O)cc2)n1. The monoisotopic (exact) mass is 490 g/mol. The lowest BCUT2D eigenvalue weighted by Crippen LogP contribution is -2.41. The minimum Gasteiger partial charge on any atom is -0.480 e. The standard InChI is InChI=1S/C27H30N4O5/c1-3-31-16-23(29-27(35)36-17(2)19-7-5-4-6-8-19)24(30-31)20-11-13-21(14-12-20)25(32)28-22(26(33)34)15-18-9-10-18/h4-8,11-14,16-18,22H,3,9-10,15H2,1-2H3,(H,28,32)(H,29,35)(H,33,34). The number of carboxylic acid groups (broad SMARTS) is 1. The first kappa shape index (κ1) is 25.0. The van der Waals surface area contributed by atoms with E-state index in [4.69, 9.17) is 4.74 Å². The van der Waals surface area contributed by atoms with Gasteiger partial charge < -0.3 is 15.2 Å². The molecule has 1 fully saturated rings. The van der Waals surface area contributed by atoms with Crippen molar-refractivity contribution in [1.29, 1.82) is 0 Å². The molecule has 4 rings (SSSR count). The van der Waals surface area contributed by atoms with Crippen molar-refractivity contribution in [3.8, 4) is 11.3 Å². The first-order valence-electron chi connectivity index (χ1n) is 12.1. The number of nitrogens with zero attached hydrogens (tertiary/aromatic N) is 2. The molecule has 1 aliphatic carbocycles. The molecular weight excluding hydrogens is 460 g/mol. The van der Waals surface area contributed by atoms with Gasteiger partial charge in [-0.3, -0.25) is 14.8 Å². The second-order valence-electron chi connectivity index (χ2n) is 8.95. The molecule has 0 radical (unpaired) electrons. The summed E-state index contributed by atoms with van der Waals surface area (Å²) in [5.74, 6) is -1.09. The molecule has 1 heterocycles. The number of anilines is 1. The van der Waals surface area contributed by atoms with Crippen LogP contribution in [0.3, 0.4) is 0 Å². The third-order valence-corrected chi connectivity index (χ3v) is 6.17. The van der Waals surface area contributed by atoms with Crippen LogP contribution in [0.5, 0.6) is 0 Å². The average Bonchev–Trinajstić information content (AvgIpc) is 3.61. The molecular formula is C27H30N4O5. The van der Waals surface area contributed by atoms with E-state index in [9.17, 15) is 19.5 Å². The van der Waals surface area contributed by atoms with Crippen LogP contribution in [0.4, 0.5) is 10.5 Å². The van der Waals surface area contributed by atoms with Gasteiger partial charge in [0.15, 0.2) is 0 Å². The molecule has 188 valence electrons. The van der Waals surface area contributed by atoms with Gasteiger partial charge in [-0.25, -0.2) is 9.59 Å². The third-order valence-electron chi connectivity index (χ3n) is 6.17. The molecule has 3 aromatic rings. The van der Waals surface area contributed by atoms with Gasteiger partial charge in [-0.15, -0.1) is 0 Å². The van der Waals surface area contributed by atoms with E-state index < -0.39 is 30.1 Å². The summed E-state index contributed by atoms with van der Waals surface area (Å²) in [4.78, 5) is 36.7. The molecule has 9 heteroatoms. The molecule has 3 N–H and O–H groups in total. The van der Waals surface area contributed by atoms with E-state index in [1.165, 1.54) is 0 Å². The molecule has 0 saturated heterocycles. The fraction of sp³-hybridized carbons (Fsp3) is 0.333. The van der Waals surface area contributed by atoms with Crippen LogP contribution < -0.4 is 10.6 Å². The Morgan fingerprint density at radius 1 is 1.11 bits per heavy atom. The maximum absolute atomic E-state index is 12.6. The number of hydrogen-bond acceptors (Lipinski definition) is 5. The number of rotatable bonds is 10. The Balaban J connectivity index is 1.45. The summed E-state index contributed by atoms with van der Waals surface area (Å²) in [7, 11) is 0. The number of amides is 2. The summed E-state index contributed by atoms with van der Waals surface area (Å²) in [6, 6.07) is 15.2. The smallest absolute Gasteiger partial charge is 0.412 e. The van der Waals surface area contributed by atoms with Crippen molar-refractivity contribution in [1.82, 2.24) is 15.1 Å². The molecule has 2 atom stereocenters. The molecule has 1 aliphatic rings. The van der Waals surface area contributed by atoms with Crippen molar-refractivity contribution in [3.05, 3.63) is 71.9 Å². The number of hydrogen-bond donors (Lipinski definition) is 3. The Kier molecular flexibility index (Phi) is 7.68. The van der Waals surface area contributed by atoms with E-state index in [-0.39, 0.29) is 0 Å². The minimum absolute atomic E-state index is 0.348. The van der Waals surface area contributed by atoms with Gasteiger partial charge in [-0.2, -0.15) is 5.10 Å². The fourth-order valence-corrected chi connectivity index (χ4v) is 3.91. The highest BCUT2D eigenvalue weighted by atomic mass is 16.6. The van der Waals surface area contributed by atoms with Crippen molar-refractivity contribution in [2.75, 3.05) is 5.32 Å². The molecule has 2 unspecified atom stereocenters. The number of benzene rings is 2. The normalized spacial score (nSPS) is 14.5. The van der Waals surface area contributed by atoms with Crippen molar-refractivity contribution >= 4 is 23.7 Å². The first-order chi connectivity index (χ1) is 17.3. The molecule has 2 amide bonds. The van der Waals surface area contributed by atoms with E-state index in [1.54, 1.807) is 42.1 Å². The number of aryl methyl sites for hydroxylation is 1. The number of aromatic nitrogens is 2. The quantitative estimate of drug-likeness (QED) is 0.373. The van der Waals surface area contributed by atoms with Gasteiger partial charge in [-0.1, -0.05) is 55.3 Å². The minimum atomic E-state index is -1.03. The zero-order valence-electron chi connectivity index (χ0n) is 20.3. The van der Waals surface area contributed by atoms with Crippen molar-refractivity contribution in [3.63, 3.8) is 0 Å². The number of carboxylic acids is 1. The van der Waals surface area contributed by atoms with Gasteiger partial charge in [0, 0.05) is 23.9 Å². The topological polar surface area (TPSA) is 123 Å². The zero-order valence-corrected chi connectivity index (χ0v) is 20.3. The number of carbonyl (C=O) groups is 3. The summed E-state index contributed by atoms with van der Waals surface area (Å²) < 4.78 is 7.22. The van der Waals surface area contributed by atoms with Gasteiger partial charge in [0.1, 0.15) is 17.8 Å². The maximum atomic E-state index is 12.6. The van der Waals surface area contributed by atoms with Crippen LogP contribution in [0.2, 0.25) is 0 Å². The van der Waals surface area contributed by atoms with Gasteiger partial charge in [0.2, 0.25) is 0 Å². The summed E-state index contributed by atoms with van der Waals surface area (Å²) in [5.41, 5.74) is 2.94. The van der Waals surface area contributed by atoms with Crippen LogP contribution in [-0.4, -0.2) is 38.9 Å². The second kappa shape index (κ2) is 11.1. The Labute approximate surface area is 209 Å². The second-order valence-corrected chi connectivity index (χ2v) is 8.95. The molecule has 36 heavy (non-hydrogen) atoms. The number of nitrogens with one attached hydrogen (secondary N) is 2. The summed E-state index contributed by atoms with van der Waals surface area (Å²) in [5, 5.41) is 19.3. The van der Waals surface area contributed by atoms with Gasteiger partial charge in [0.05, 0.1) is 5.69 Å². The highest BCUT2D eigenvalue weighted by Gasteiger charge is 2.30. The van der Waals surface area contributed by atoms with Crippen LogP contribution in [0.1, 0.15) is 55.1 Å². The number of ether oxygens (including phenoxy) is 1. The van der Waals surface area contributed by atoms with Gasteiger partial charge in [-0.05, 0) is 43.9 Å². The number of carbonyl (C=O) groups excluding carboxylic acids is 2. The Morgan fingerprint density at radius 2 is 1.81 bits per heavy atom. The lowest BCUT2D eigenvalue weighted by Gasteiger charge is -2.15. The van der Waals surface area contributed by atoms with E-state index in [2.05, 4.69) is 15.7 Å². The molecule has 1 aromatic heterocycles. The Bertz CT molecular complexity index is 1220. The molecule has 0 aliphatic heterocycles. The van der Waals surface area contributed by atoms with E-state index in [1.807, 2.05) is 37.3 Å². The van der Waals surface area contributed by atoms with Crippen molar-refractivity contribution in [2.24, 2.45) is 5.92 Å². The summed E-state index contributed by atoms with van der Waals surface area (Å²) >= 11 is 0. The van der Waals surface area contributed by atoms with Gasteiger partial charge >= 0.3 is 12.1 Å². The first-order valence-corrected chi connectivity index (χ1v) is 12.1.